The largest absolute Gasteiger partial charge is 0.384 e. The molecule has 0 saturated heterocycles. The summed E-state index contributed by atoms with van der Waals surface area (Å²) in [7, 11) is 0. The summed E-state index contributed by atoms with van der Waals surface area (Å²) in [5.41, 5.74) is 0.268. The van der Waals surface area contributed by atoms with Crippen LogP contribution >= 0.6 is 27.3 Å². The summed E-state index contributed by atoms with van der Waals surface area (Å²) in [6.45, 7) is 3.61. The van der Waals surface area contributed by atoms with Crippen molar-refractivity contribution < 1.29 is 9.90 Å². The number of rotatable bonds is 5. The molecule has 0 fully saturated rings. The summed E-state index contributed by atoms with van der Waals surface area (Å²) < 4.78 is 0.950. The van der Waals surface area contributed by atoms with Crippen LogP contribution in [0.4, 0.5) is 0 Å². The van der Waals surface area contributed by atoms with Crippen LogP contribution in [0, 0.1) is 0 Å². The van der Waals surface area contributed by atoms with E-state index in [4.69, 9.17) is 0 Å². The number of aliphatic hydroxyl groups is 1. The second-order valence-electron chi connectivity index (χ2n) is 5.31. The van der Waals surface area contributed by atoms with Gasteiger partial charge in [-0.25, -0.2) is 0 Å². The molecule has 2 rings (SSSR count). The summed E-state index contributed by atoms with van der Waals surface area (Å²) in [5, 5.41) is 15.3. The van der Waals surface area contributed by atoms with Gasteiger partial charge in [0.15, 0.2) is 0 Å². The second kappa shape index (κ2) is 7.22. The van der Waals surface area contributed by atoms with E-state index in [1.165, 1.54) is 0 Å². The lowest BCUT2D eigenvalue weighted by Crippen LogP contribution is -2.38. The predicted octanol–water partition coefficient (Wildman–Crippen LogP) is 3.94. The first-order valence-electron chi connectivity index (χ1n) is 6.87. The van der Waals surface area contributed by atoms with E-state index in [0.717, 1.165) is 14.9 Å². The van der Waals surface area contributed by atoms with Gasteiger partial charge in [0, 0.05) is 14.9 Å². The van der Waals surface area contributed by atoms with Gasteiger partial charge in [0.2, 0.25) is 5.91 Å². The van der Waals surface area contributed by atoms with Gasteiger partial charge in [0.25, 0.3) is 0 Å². The Hall–Kier alpha value is -1.43. The molecule has 1 heterocycles. The highest BCUT2D eigenvalue weighted by Gasteiger charge is 2.23. The highest BCUT2D eigenvalue weighted by molar-refractivity contribution is 9.10. The average molecular weight is 380 g/mol. The number of nitrogens with one attached hydrogen (secondary N) is 1. The lowest BCUT2D eigenvalue weighted by Gasteiger charge is -2.24. The molecule has 0 radical (unpaired) electrons. The molecule has 1 aromatic carbocycles. The third-order valence-corrected chi connectivity index (χ3v) is 4.67. The van der Waals surface area contributed by atoms with Crippen LogP contribution in [0.25, 0.3) is 6.08 Å². The minimum Gasteiger partial charge on any atom is -0.384 e. The summed E-state index contributed by atoms with van der Waals surface area (Å²) >= 11 is 4.94. The van der Waals surface area contributed by atoms with Crippen molar-refractivity contribution in [2.45, 2.75) is 19.4 Å². The number of carbonyl (C=O) groups excluding carboxylic acids is 1. The molecule has 0 saturated carbocycles. The van der Waals surface area contributed by atoms with Crippen molar-refractivity contribution in [3.8, 4) is 0 Å². The zero-order valence-electron chi connectivity index (χ0n) is 12.5. The van der Waals surface area contributed by atoms with Gasteiger partial charge in [-0.3, -0.25) is 4.79 Å². The van der Waals surface area contributed by atoms with Crippen molar-refractivity contribution in [3.05, 3.63) is 62.3 Å². The molecule has 116 valence electrons. The molecule has 0 aliphatic carbocycles. The number of hydrogen-bond donors (Lipinski definition) is 2. The Morgan fingerprint density at radius 1 is 1.36 bits per heavy atom. The molecular weight excluding hydrogens is 362 g/mol. The van der Waals surface area contributed by atoms with Crippen molar-refractivity contribution in [2.24, 2.45) is 0 Å². The topological polar surface area (TPSA) is 49.3 Å². The Morgan fingerprint density at radius 3 is 2.64 bits per heavy atom. The molecule has 0 bridgehead atoms. The molecule has 2 aromatic rings. The molecule has 1 atom stereocenters. The fourth-order valence-electron chi connectivity index (χ4n) is 1.96. The zero-order chi connectivity index (χ0) is 16.2. The third-order valence-electron chi connectivity index (χ3n) is 3.32. The van der Waals surface area contributed by atoms with Crippen LogP contribution in [0.1, 0.15) is 24.3 Å². The number of thiophene rings is 1. The maximum absolute atomic E-state index is 12.1. The quantitative estimate of drug-likeness (QED) is 0.772. The predicted molar refractivity (Wildman–Crippen MR) is 94.7 cm³/mol. The number of amides is 1. The first-order chi connectivity index (χ1) is 10.4. The van der Waals surface area contributed by atoms with Gasteiger partial charge in [-0.1, -0.05) is 34.1 Å². The number of hydrogen-bond acceptors (Lipinski definition) is 3. The normalized spacial score (nSPS) is 14.5. The molecule has 1 aromatic heterocycles. The minimum absolute atomic E-state index is 0.156. The van der Waals surface area contributed by atoms with E-state index in [2.05, 4.69) is 21.2 Å². The molecule has 3 nitrogen and oxygen atoms in total. The summed E-state index contributed by atoms with van der Waals surface area (Å²) in [5.74, 6) is -0.175. The first-order valence-corrected chi connectivity index (χ1v) is 8.54. The molecular formula is C17H18BrNO2S. The van der Waals surface area contributed by atoms with Gasteiger partial charge < -0.3 is 10.4 Å². The fraction of sp³-hybridized carbons (Fsp3) is 0.235. The van der Waals surface area contributed by atoms with Crippen molar-refractivity contribution in [3.63, 3.8) is 0 Å². The van der Waals surface area contributed by atoms with Crippen LogP contribution in [-0.4, -0.2) is 17.6 Å². The Morgan fingerprint density at radius 2 is 2.05 bits per heavy atom. The highest BCUT2D eigenvalue weighted by atomic mass is 79.9. The Kier molecular flexibility index (Phi) is 5.56. The minimum atomic E-state index is -1.11. The van der Waals surface area contributed by atoms with Crippen LogP contribution < -0.4 is 5.32 Å². The van der Waals surface area contributed by atoms with Gasteiger partial charge in [-0.05, 0) is 49.1 Å². The first kappa shape index (κ1) is 16.9. The molecule has 0 aliphatic rings. The van der Waals surface area contributed by atoms with Crippen LogP contribution in [-0.2, 0) is 10.4 Å². The van der Waals surface area contributed by atoms with Crippen molar-refractivity contribution >= 4 is 39.2 Å². The number of halogens is 1. The van der Waals surface area contributed by atoms with E-state index in [1.807, 2.05) is 47.9 Å². The maximum Gasteiger partial charge on any atom is 0.247 e. The Balaban J connectivity index is 1.99. The monoisotopic (exact) mass is 379 g/mol. The Labute approximate surface area is 142 Å². The van der Waals surface area contributed by atoms with Crippen LogP contribution in [0.3, 0.4) is 0 Å². The highest BCUT2D eigenvalue weighted by Crippen LogP contribution is 2.22. The molecule has 1 amide bonds. The maximum atomic E-state index is 12.1. The molecule has 1 unspecified atom stereocenters. The van der Waals surface area contributed by atoms with Gasteiger partial charge in [-0.2, -0.15) is 0 Å². The van der Waals surface area contributed by atoms with Gasteiger partial charge in [0.05, 0.1) is 6.54 Å². The zero-order valence-corrected chi connectivity index (χ0v) is 14.9. The fourth-order valence-corrected chi connectivity index (χ4v) is 2.94. The molecule has 0 aliphatic heterocycles. The van der Waals surface area contributed by atoms with Gasteiger partial charge >= 0.3 is 0 Å². The smallest absolute Gasteiger partial charge is 0.247 e. The molecule has 0 spiro atoms. The second-order valence-corrected chi connectivity index (χ2v) is 7.20. The lowest BCUT2D eigenvalue weighted by atomic mass is 9.96. The number of benzene rings is 1. The SMILES string of the molecule is C/C(=C\c1cccs1)C(=O)NCC(C)(O)c1ccc(Br)cc1. The summed E-state index contributed by atoms with van der Waals surface area (Å²) in [4.78, 5) is 13.1. The summed E-state index contributed by atoms with van der Waals surface area (Å²) in [6.07, 6.45) is 1.84. The van der Waals surface area contributed by atoms with E-state index in [-0.39, 0.29) is 12.5 Å². The van der Waals surface area contributed by atoms with E-state index >= 15 is 0 Å². The van der Waals surface area contributed by atoms with E-state index < -0.39 is 5.60 Å². The van der Waals surface area contributed by atoms with Crippen molar-refractivity contribution in [2.75, 3.05) is 6.54 Å². The van der Waals surface area contributed by atoms with Gasteiger partial charge in [0.1, 0.15) is 5.60 Å². The molecule has 22 heavy (non-hydrogen) atoms. The number of carbonyl (C=O) groups is 1. The molecule has 2 N–H and O–H groups in total. The van der Waals surface area contributed by atoms with Crippen LogP contribution in [0.2, 0.25) is 0 Å². The van der Waals surface area contributed by atoms with Crippen LogP contribution in [0.15, 0.2) is 51.8 Å². The third kappa shape index (κ3) is 4.53. The molecule has 5 heteroatoms. The standard InChI is InChI=1S/C17H18BrNO2S/c1-12(10-15-4-3-9-22-15)16(20)19-11-17(2,21)13-5-7-14(18)8-6-13/h3-10,21H,11H2,1-2H3,(H,19,20)/b12-10+. The van der Waals surface area contributed by atoms with Crippen LogP contribution in [0.5, 0.6) is 0 Å². The van der Waals surface area contributed by atoms with E-state index in [0.29, 0.717) is 5.57 Å². The Bertz CT molecular complexity index is 660. The average Bonchev–Trinajstić information content (AvgIpc) is 2.98. The van der Waals surface area contributed by atoms with Crippen molar-refractivity contribution in [1.29, 1.82) is 0 Å². The van der Waals surface area contributed by atoms with Gasteiger partial charge in [-0.15, -0.1) is 11.3 Å². The van der Waals surface area contributed by atoms with E-state index in [1.54, 1.807) is 25.2 Å². The lowest BCUT2D eigenvalue weighted by molar-refractivity contribution is -0.118. The van der Waals surface area contributed by atoms with E-state index in [9.17, 15) is 9.90 Å². The summed E-state index contributed by atoms with van der Waals surface area (Å²) in [6, 6.07) is 11.3. The van der Waals surface area contributed by atoms with Crippen molar-refractivity contribution in [1.82, 2.24) is 5.32 Å².